The van der Waals surface area contributed by atoms with Gasteiger partial charge in [-0.15, -0.1) is 0 Å². The van der Waals surface area contributed by atoms with Gasteiger partial charge in [0.05, 0.1) is 0 Å². The standard InChI is InChI=1S/C11H11F2NO2/c1-7-3-2-4-8(5-7)9-11(12,13)6-16-10(15)14-9/h2-5,9H,6H2,1H3,(H,14,15)/t9-/m1/s1. The molecule has 16 heavy (non-hydrogen) atoms. The lowest BCUT2D eigenvalue weighted by atomic mass is 9.98. The first-order valence-electron chi connectivity index (χ1n) is 4.87. The van der Waals surface area contributed by atoms with Gasteiger partial charge in [-0.1, -0.05) is 29.8 Å². The SMILES string of the molecule is Cc1cccc([C@H]2NC(=O)OCC2(F)F)c1. The van der Waals surface area contributed by atoms with Crippen molar-refractivity contribution in [3.05, 3.63) is 35.4 Å². The van der Waals surface area contributed by atoms with Crippen molar-refractivity contribution in [1.82, 2.24) is 5.32 Å². The molecule has 1 heterocycles. The van der Waals surface area contributed by atoms with Crippen molar-refractivity contribution in [2.75, 3.05) is 6.61 Å². The number of hydrogen-bond acceptors (Lipinski definition) is 2. The van der Waals surface area contributed by atoms with Gasteiger partial charge in [0.2, 0.25) is 0 Å². The van der Waals surface area contributed by atoms with Crippen molar-refractivity contribution in [3.8, 4) is 0 Å². The van der Waals surface area contributed by atoms with Crippen LogP contribution in [-0.4, -0.2) is 18.6 Å². The van der Waals surface area contributed by atoms with Crippen molar-refractivity contribution >= 4 is 6.09 Å². The normalized spacial score (nSPS) is 23.4. The van der Waals surface area contributed by atoms with Crippen LogP contribution in [0.5, 0.6) is 0 Å². The van der Waals surface area contributed by atoms with E-state index < -0.39 is 24.7 Å². The van der Waals surface area contributed by atoms with Crippen LogP contribution in [0.1, 0.15) is 17.2 Å². The molecule has 0 unspecified atom stereocenters. The first-order valence-corrected chi connectivity index (χ1v) is 4.87. The summed E-state index contributed by atoms with van der Waals surface area (Å²) in [5.41, 5.74) is 1.26. The second kappa shape index (κ2) is 3.73. The summed E-state index contributed by atoms with van der Waals surface area (Å²) in [4.78, 5) is 11.0. The van der Waals surface area contributed by atoms with E-state index in [2.05, 4.69) is 10.1 Å². The molecule has 1 aromatic rings. The molecular formula is C11H11F2NO2. The monoisotopic (exact) mass is 227 g/mol. The second-order valence-electron chi connectivity index (χ2n) is 3.83. The molecule has 1 amide bonds. The molecule has 3 nitrogen and oxygen atoms in total. The third-order valence-corrected chi connectivity index (χ3v) is 2.46. The number of halogens is 2. The van der Waals surface area contributed by atoms with E-state index in [1.807, 2.05) is 13.0 Å². The molecule has 1 aliphatic heterocycles. The maximum Gasteiger partial charge on any atom is 0.408 e. The molecule has 1 atom stereocenters. The molecular weight excluding hydrogens is 216 g/mol. The Labute approximate surface area is 91.4 Å². The molecule has 1 aliphatic rings. The van der Waals surface area contributed by atoms with Crippen molar-refractivity contribution in [2.45, 2.75) is 18.9 Å². The van der Waals surface area contributed by atoms with Crippen LogP contribution in [0.25, 0.3) is 0 Å². The topological polar surface area (TPSA) is 38.3 Å². The smallest absolute Gasteiger partial charge is 0.408 e. The zero-order valence-corrected chi connectivity index (χ0v) is 8.67. The summed E-state index contributed by atoms with van der Waals surface area (Å²) in [6.07, 6.45) is -0.808. The largest absolute Gasteiger partial charge is 0.443 e. The minimum Gasteiger partial charge on any atom is -0.443 e. The summed E-state index contributed by atoms with van der Waals surface area (Å²) in [7, 11) is 0. The maximum atomic E-state index is 13.5. The van der Waals surface area contributed by atoms with Crippen LogP contribution in [0.3, 0.4) is 0 Å². The number of nitrogens with one attached hydrogen (secondary N) is 1. The fourth-order valence-electron chi connectivity index (χ4n) is 1.69. The fourth-order valence-corrected chi connectivity index (χ4v) is 1.69. The molecule has 5 heteroatoms. The van der Waals surface area contributed by atoms with Crippen LogP contribution in [0.4, 0.5) is 13.6 Å². The average molecular weight is 227 g/mol. The Kier molecular flexibility index (Phi) is 2.53. The van der Waals surface area contributed by atoms with Crippen molar-refractivity contribution in [3.63, 3.8) is 0 Å². The summed E-state index contributed by atoms with van der Waals surface area (Å²) in [6, 6.07) is 5.38. The lowest BCUT2D eigenvalue weighted by Crippen LogP contribution is -2.49. The highest BCUT2D eigenvalue weighted by atomic mass is 19.3. The van der Waals surface area contributed by atoms with Gasteiger partial charge in [0.15, 0.2) is 6.61 Å². The highest BCUT2D eigenvalue weighted by Crippen LogP contribution is 2.34. The number of cyclic esters (lactones) is 1. The quantitative estimate of drug-likeness (QED) is 0.800. The molecule has 0 saturated carbocycles. The van der Waals surface area contributed by atoms with E-state index in [0.717, 1.165) is 5.56 Å². The number of benzene rings is 1. The Balaban J connectivity index is 2.33. The van der Waals surface area contributed by atoms with E-state index >= 15 is 0 Å². The summed E-state index contributed by atoms with van der Waals surface area (Å²) in [5, 5.41) is 2.14. The van der Waals surface area contributed by atoms with Gasteiger partial charge in [-0.3, -0.25) is 0 Å². The minimum absolute atomic E-state index is 0.390. The zero-order chi connectivity index (χ0) is 11.8. The van der Waals surface area contributed by atoms with Gasteiger partial charge in [-0.2, -0.15) is 0 Å². The Hall–Kier alpha value is -1.65. The van der Waals surface area contributed by atoms with E-state index in [0.29, 0.717) is 5.56 Å². The Morgan fingerprint density at radius 3 is 2.94 bits per heavy atom. The maximum absolute atomic E-state index is 13.5. The van der Waals surface area contributed by atoms with Crippen LogP contribution >= 0.6 is 0 Å². The number of carbonyl (C=O) groups excluding carboxylic acids is 1. The first-order chi connectivity index (χ1) is 7.49. The number of ether oxygens (including phenoxy) is 1. The van der Waals surface area contributed by atoms with Gasteiger partial charge in [0, 0.05) is 0 Å². The molecule has 1 aromatic carbocycles. The van der Waals surface area contributed by atoms with Crippen molar-refractivity contribution < 1.29 is 18.3 Å². The molecule has 2 rings (SSSR count). The van der Waals surface area contributed by atoms with Gasteiger partial charge in [0.1, 0.15) is 6.04 Å². The third kappa shape index (κ3) is 1.98. The Bertz CT molecular complexity index is 420. The highest BCUT2D eigenvalue weighted by molar-refractivity contribution is 5.69. The van der Waals surface area contributed by atoms with Gasteiger partial charge >= 0.3 is 12.0 Å². The molecule has 1 N–H and O–H groups in total. The van der Waals surface area contributed by atoms with Crippen LogP contribution in [0.15, 0.2) is 24.3 Å². The van der Waals surface area contributed by atoms with Crippen LogP contribution in [-0.2, 0) is 4.74 Å². The van der Waals surface area contributed by atoms with Crippen LogP contribution in [0.2, 0.25) is 0 Å². The van der Waals surface area contributed by atoms with Gasteiger partial charge in [0.25, 0.3) is 0 Å². The fraction of sp³-hybridized carbons (Fsp3) is 0.364. The number of alkyl carbamates (subject to hydrolysis) is 1. The second-order valence-corrected chi connectivity index (χ2v) is 3.83. The predicted octanol–water partition coefficient (Wildman–Crippen LogP) is 2.41. The summed E-state index contributed by atoms with van der Waals surface area (Å²) in [6.45, 7) is 0.931. The molecule has 0 bridgehead atoms. The molecule has 1 fully saturated rings. The van der Waals surface area contributed by atoms with Gasteiger partial charge in [-0.25, -0.2) is 13.6 Å². The zero-order valence-electron chi connectivity index (χ0n) is 8.67. The summed E-state index contributed by atoms with van der Waals surface area (Å²) in [5.74, 6) is -3.08. The van der Waals surface area contributed by atoms with Crippen LogP contribution < -0.4 is 5.32 Å². The van der Waals surface area contributed by atoms with Crippen molar-refractivity contribution in [1.29, 1.82) is 0 Å². The average Bonchev–Trinajstić information content (AvgIpc) is 2.22. The molecule has 0 radical (unpaired) electrons. The number of alkyl halides is 2. The molecule has 0 aromatic heterocycles. The lowest BCUT2D eigenvalue weighted by Gasteiger charge is -2.31. The van der Waals surface area contributed by atoms with Gasteiger partial charge < -0.3 is 10.1 Å². The Morgan fingerprint density at radius 1 is 1.50 bits per heavy atom. The molecule has 1 saturated heterocycles. The number of aryl methyl sites for hydroxylation is 1. The highest BCUT2D eigenvalue weighted by Gasteiger charge is 2.46. The minimum atomic E-state index is -3.08. The molecule has 0 spiro atoms. The first kappa shape index (κ1) is 10.9. The van der Waals surface area contributed by atoms with Crippen molar-refractivity contribution in [2.24, 2.45) is 0 Å². The number of amides is 1. The van der Waals surface area contributed by atoms with E-state index in [4.69, 9.17) is 0 Å². The number of carbonyl (C=O) groups is 1. The van der Waals surface area contributed by atoms with E-state index in [1.54, 1.807) is 18.2 Å². The third-order valence-electron chi connectivity index (χ3n) is 2.46. The lowest BCUT2D eigenvalue weighted by molar-refractivity contribution is -0.104. The Morgan fingerprint density at radius 2 is 2.25 bits per heavy atom. The van der Waals surface area contributed by atoms with E-state index in [1.165, 1.54) is 0 Å². The number of rotatable bonds is 1. The van der Waals surface area contributed by atoms with Gasteiger partial charge in [-0.05, 0) is 12.5 Å². The number of hydrogen-bond donors (Lipinski definition) is 1. The summed E-state index contributed by atoms with van der Waals surface area (Å²) >= 11 is 0. The predicted molar refractivity (Wildman–Crippen MR) is 53.4 cm³/mol. The summed E-state index contributed by atoms with van der Waals surface area (Å²) < 4.78 is 31.3. The molecule has 0 aliphatic carbocycles. The van der Waals surface area contributed by atoms with E-state index in [-0.39, 0.29) is 0 Å². The van der Waals surface area contributed by atoms with Crippen LogP contribution in [0, 0.1) is 6.92 Å². The van der Waals surface area contributed by atoms with E-state index in [9.17, 15) is 13.6 Å². The molecule has 86 valence electrons.